The van der Waals surface area contributed by atoms with E-state index in [-0.39, 0.29) is 5.56 Å². The molecule has 0 saturated heterocycles. The minimum Gasteiger partial charge on any atom is -0.303 e. The summed E-state index contributed by atoms with van der Waals surface area (Å²) in [5.41, 5.74) is 1.49. The van der Waals surface area contributed by atoms with Crippen LogP contribution in [0.4, 0.5) is 10.1 Å². The molecule has 1 aromatic rings. The van der Waals surface area contributed by atoms with Crippen LogP contribution in [-0.4, -0.2) is 18.2 Å². The Kier molecular flexibility index (Phi) is 3.34. The van der Waals surface area contributed by atoms with Crippen LogP contribution in [0.25, 0.3) is 0 Å². The Morgan fingerprint density at radius 3 is 2.72 bits per heavy atom. The van der Waals surface area contributed by atoms with Crippen molar-refractivity contribution in [1.82, 2.24) is 0 Å². The van der Waals surface area contributed by atoms with Gasteiger partial charge in [-0.05, 0) is 41.4 Å². The molecular weight excluding hydrogens is 301 g/mol. The minimum absolute atomic E-state index is 0.119. The molecule has 18 heavy (non-hydrogen) atoms. The van der Waals surface area contributed by atoms with Gasteiger partial charge in [-0.25, -0.2) is 4.39 Å². The van der Waals surface area contributed by atoms with Crippen molar-refractivity contribution in [1.29, 1.82) is 0 Å². The van der Waals surface area contributed by atoms with Crippen molar-refractivity contribution in [3.63, 3.8) is 0 Å². The maximum absolute atomic E-state index is 13.2. The van der Waals surface area contributed by atoms with Crippen LogP contribution in [0, 0.1) is 5.82 Å². The van der Waals surface area contributed by atoms with Crippen LogP contribution in [0.15, 0.2) is 28.8 Å². The van der Waals surface area contributed by atoms with Gasteiger partial charge < -0.3 is 4.90 Å². The third-order valence-corrected chi connectivity index (χ3v) is 3.35. The average Bonchev–Trinajstić information content (AvgIpc) is 2.51. The highest BCUT2D eigenvalue weighted by Gasteiger charge is 2.37. The minimum atomic E-state index is -0.660. The second-order valence-corrected chi connectivity index (χ2v) is 5.13. The summed E-state index contributed by atoms with van der Waals surface area (Å²) in [5, 5.41) is 0. The predicted octanol–water partition coefficient (Wildman–Crippen LogP) is 3.08. The molecule has 94 valence electrons. The summed E-state index contributed by atoms with van der Waals surface area (Å²) in [5.74, 6) is -1.81. The van der Waals surface area contributed by atoms with Crippen molar-refractivity contribution in [3.8, 4) is 0 Å². The molecular formula is C13H11BrFNO2. The van der Waals surface area contributed by atoms with Gasteiger partial charge in [0, 0.05) is 11.0 Å². The third kappa shape index (κ3) is 2.10. The van der Waals surface area contributed by atoms with E-state index in [2.05, 4.69) is 22.5 Å². The van der Waals surface area contributed by atoms with E-state index in [1.54, 1.807) is 0 Å². The molecule has 0 atom stereocenters. The molecule has 2 rings (SSSR count). The number of halogens is 2. The van der Waals surface area contributed by atoms with Gasteiger partial charge in [-0.15, -0.1) is 6.58 Å². The first kappa shape index (κ1) is 13.0. The van der Waals surface area contributed by atoms with Crippen molar-refractivity contribution in [2.75, 3.05) is 11.4 Å². The zero-order valence-electron chi connectivity index (χ0n) is 9.80. The molecule has 0 spiro atoms. The Bertz CT molecular complexity index is 568. The standard InChI is InChI=1S/C13H11BrFNO2/c1-7(2)3-4-16-11-9(12(17)13(16)18)5-8(15)6-10(11)14/h5-6H,1,3-4H2,2H3. The van der Waals surface area contributed by atoms with Crippen molar-refractivity contribution < 1.29 is 14.0 Å². The van der Waals surface area contributed by atoms with Crippen LogP contribution in [0.1, 0.15) is 23.7 Å². The molecule has 1 aromatic carbocycles. The number of Topliss-reactive ketones (excluding diaryl/α,β-unsaturated/α-hetero) is 1. The number of nitrogens with zero attached hydrogens (tertiary/aromatic N) is 1. The second kappa shape index (κ2) is 4.65. The van der Waals surface area contributed by atoms with Gasteiger partial charge in [0.2, 0.25) is 0 Å². The van der Waals surface area contributed by atoms with Crippen LogP contribution in [0.5, 0.6) is 0 Å². The van der Waals surface area contributed by atoms with Gasteiger partial charge in [-0.2, -0.15) is 0 Å². The largest absolute Gasteiger partial charge is 0.303 e. The van der Waals surface area contributed by atoms with Gasteiger partial charge >= 0.3 is 0 Å². The number of hydrogen-bond donors (Lipinski definition) is 0. The first-order valence-corrected chi connectivity index (χ1v) is 6.20. The zero-order chi connectivity index (χ0) is 13.4. The Labute approximate surface area is 112 Å². The summed E-state index contributed by atoms with van der Waals surface area (Å²) in [7, 11) is 0. The van der Waals surface area contributed by atoms with Crippen LogP contribution < -0.4 is 4.90 Å². The molecule has 0 fully saturated rings. The van der Waals surface area contributed by atoms with Gasteiger partial charge in [-0.1, -0.05) is 5.57 Å². The third-order valence-electron chi connectivity index (χ3n) is 2.74. The van der Waals surface area contributed by atoms with Gasteiger partial charge in [0.15, 0.2) is 0 Å². The molecule has 0 unspecified atom stereocenters. The summed E-state index contributed by atoms with van der Waals surface area (Å²) < 4.78 is 13.7. The lowest BCUT2D eigenvalue weighted by Crippen LogP contribution is -2.30. The number of carbonyl (C=O) groups excluding carboxylic acids is 2. The van der Waals surface area contributed by atoms with E-state index in [1.807, 2.05) is 6.92 Å². The number of rotatable bonds is 3. The summed E-state index contributed by atoms with van der Waals surface area (Å²) in [6.45, 7) is 5.98. The zero-order valence-corrected chi connectivity index (χ0v) is 11.4. The molecule has 3 nitrogen and oxygen atoms in total. The average molecular weight is 312 g/mol. The smallest absolute Gasteiger partial charge is 0.299 e. The Morgan fingerprint density at radius 1 is 1.44 bits per heavy atom. The summed E-state index contributed by atoms with van der Waals surface area (Å²) in [6.07, 6.45) is 0.599. The van der Waals surface area contributed by atoms with Gasteiger partial charge in [-0.3, -0.25) is 9.59 Å². The van der Waals surface area contributed by atoms with Crippen LogP contribution in [0.2, 0.25) is 0 Å². The van der Waals surface area contributed by atoms with E-state index in [1.165, 1.54) is 11.0 Å². The maximum atomic E-state index is 13.2. The highest BCUT2D eigenvalue weighted by molar-refractivity contribution is 9.10. The van der Waals surface area contributed by atoms with Gasteiger partial charge in [0.25, 0.3) is 11.7 Å². The number of carbonyl (C=O) groups is 2. The van der Waals surface area contributed by atoms with E-state index < -0.39 is 17.5 Å². The van der Waals surface area contributed by atoms with Crippen molar-refractivity contribution in [3.05, 3.63) is 40.1 Å². The fourth-order valence-corrected chi connectivity index (χ4v) is 2.52. The van der Waals surface area contributed by atoms with Gasteiger partial charge in [0.1, 0.15) is 5.82 Å². The number of anilines is 1. The molecule has 1 amide bonds. The summed E-state index contributed by atoms with van der Waals surface area (Å²) in [4.78, 5) is 25.0. The van der Waals surface area contributed by atoms with E-state index in [4.69, 9.17) is 0 Å². The van der Waals surface area contributed by atoms with E-state index in [9.17, 15) is 14.0 Å². The summed E-state index contributed by atoms with van der Waals surface area (Å²) in [6, 6.07) is 2.35. The van der Waals surface area contributed by atoms with E-state index >= 15 is 0 Å². The SMILES string of the molecule is C=C(C)CCN1C(=O)C(=O)c2cc(F)cc(Br)c21. The van der Waals surface area contributed by atoms with Crippen molar-refractivity contribution in [2.24, 2.45) is 0 Å². The molecule has 1 aliphatic rings. The highest BCUT2D eigenvalue weighted by Crippen LogP contribution is 2.37. The lowest BCUT2D eigenvalue weighted by Gasteiger charge is -2.17. The quantitative estimate of drug-likeness (QED) is 0.635. The maximum Gasteiger partial charge on any atom is 0.299 e. The number of hydrogen-bond acceptors (Lipinski definition) is 2. The highest BCUT2D eigenvalue weighted by atomic mass is 79.9. The topological polar surface area (TPSA) is 37.4 Å². The lowest BCUT2D eigenvalue weighted by atomic mass is 10.1. The molecule has 0 aliphatic carbocycles. The first-order chi connectivity index (χ1) is 8.41. The lowest BCUT2D eigenvalue weighted by molar-refractivity contribution is -0.114. The summed E-state index contributed by atoms with van der Waals surface area (Å²) >= 11 is 3.19. The number of amides is 1. The fraction of sp³-hybridized carbons (Fsp3) is 0.231. The Morgan fingerprint density at radius 2 is 2.11 bits per heavy atom. The fourth-order valence-electron chi connectivity index (χ4n) is 1.87. The van der Waals surface area contributed by atoms with E-state index in [0.717, 1.165) is 11.6 Å². The van der Waals surface area contributed by atoms with Crippen LogP contribution >= 0.6 is 15.9 Å². The molecule has 0 bridgehead atoms. The monoisotopic (exact) mass is 311 g/mol. The number of benzene rings is 1. The second-order valence-electron chi connectivity index (χ2n) is 4.28. The molecule has 1 heterocycles. The Balaban J connectivity index is 2.45. The van der Waals surface area contributed by atoms with Crippen molar-refractivity contribution in [2.45, 2.75) is 13.3 Å². The van der Waals surface area contributed by atoms with Crippen LogP contribution in [-0.2, 0) is 4.79 Å². The van der Waals surface area contributed by atoms with Gasteiger partial charge in [0.05, 0.1) is 11.3 Å². The number of fused-ring (bicyclic) bond motifs is 1. The molecule has 0 aromatic heterocycles. The molecule has 5 heteroatoms. The molecule has 0 N–H and O–H groups in total. The Hall–Kier alpha value is -1.49. The van der Waals surface area contributed by atoms with Crippen LogP contribution in [0.3, 0.4) is 0 Å². The van der Waals surface area contributed by atoms with E-state index in [0.29, 0.717) is 23.1 Å². The molecule has 1 aliphatic heterocycles. The molecule has 0 radical (unpaired) electrons. The predicted molar refractivity (Wildman–Crippen MR) is 70.2 cm³/mol. The first-order valence-electron chi connectivity index (χ1n) is 5.41. The molecule has 0 saturated carbocycles. The normalized spacial score (nSPS) is 14.1. The van der Waals surface area contributed by atoms with Crippen molar-refractivity contribution >= 4 is 33.3 Å². The number of ketones is 1.